The lowest BCUT2D eigenvalue weighted by Gasteiger charge is -2.26. The molecule has 2 nitrogen and oxygen atoms in total. The van der Waals surface area contributed by atoms with E-state index in [0.717, 1.165) is 0 Å². The van der Waals surface area contributed by atoms with E-state index in [0.29, 0.717) is 0 Å². The van der Waals surface area contributed by atoms with Crippen LogP contribution in [0.2, 0.25) is 0 Å². The molecule has 2 atom stereocenters. The minimum absolute atomic E-state index is 0.0220. The largest absolute Gasteiger partial charge is 0.230 e. The third-order valence-electron chi connectivity index (χ3n) is 1.29. The molecule has 0 amide bonds. The van der Waals surface area contributed by atoms with Gasteiger partial charge in [0.2, 0.25) is 5.50 Å². The van der Waals surface area contributed by atoms with E-state index in [2.05, 4.69) is 0 Å². The monoisotopic (exact) mass is 138 g/mol. The number of halogens is 1. The fourth-order valence-corrected chi connectivity index (χ4v) is 2.30. The molecule has 0 aromatic rings. The molecule has 1 aliphatic heterocycles. The molecule has 0 aromatic heterocycles. The summed E-state index contributed by atoms with van der Waals surface area (Å²) in [4.78, 5) is 0. The molecule has 8 heavy (non-hydrogen) atoms. The maximum atomic E-state index is 12.1. The van der Waals surface area contributed by atoms with Gasteiger partial charge < -0.3 is 0 Å². The highest BCUT2D eigenvalue weighted by atomic mass is 32.2. The molecule has 1 rings (SSSR count). The van der Waals surface area contributed by atoms with Gasteiger partial charge in [-0.3, -0.25) is 0 Å². The van der Waals surface area contributed by atoms with Crippen LogP contribution in [-0.4, -0.2) is 19.7 Å². The lowest BCUT2D eigenvalue weighted by molar-refractivity contribution is 0.304. The molecule has 0 saturated carbocycles. The van der Waals surface area contributed by atoms with Gasteiger partial charge in [-0.1, -0.05) is 6.92 Å². The molecule has 1 fully saturated rings. The normalized spacial score (nSPS) is 43.2. The highest BCUT2D eigenvalue weighted by Gasteiger charge is 2.43. The second kappa shape index (κ2) is 1.43. The number of alkyl halides is 1. The van der Waals surface area contributed by atoms with E-state index in [-0.39, 0.29) is 11.7 Å². The highest BCUT2D eigenvalue weighted by Crippen LogP contribution is 2.27. The summed E-state index contributed by atoms with van der Waals surface area (Å²) in [6.45, 7) is 1.59. The summed E-state index contributed by atoms with van der Waals surface area (Å²) < 4.78 is 32.6. The van der Waals surface area contributed by atoms with Crippen LogP contribution in [0.5, 0.6) is 0 Å². The molecule has 2 unspecified atom stereocenters. The maximum absolute atomic E-state index is 12.1. The molecule has 1 saturated heterocycles. The van der Waals surface area contributed by atoms with Crippen molar-refractivity contribution in [3.05, 3.63) is 0 Å². The van der Waals surface area contributed by atoms with E-state index in [1.165, 1.54) is 0 Å². The molecule has 4 heteroatoms. The van der Waals surface area contributed by atoms with E-state index in [9.17, 15) is 12.8 Å². The minimum Gasteiger partial charge on any atom is -0.230 e. The molecule has 1 aliphatic rings. The summed E-state index contributed by atoms with van der Waals surface area (Å²) in [5, 5.41) is 0. The van der Waals surface area contributed by atoms with Crippen LogP contribution >= 0.6 is 0 Å². The third-order valence-corrected chi connectivity index (χ3v) is 3.43. The molecule has 0 radical (unpaired) electrons. The van der Waals surface area contributed by atoms with Gasteiger partial charge in [0.15, 0.2) is 9.84 Å². The van der Waals surface area contributed by atoms with Gasteiger partial charge in [-0.15, -0.1) is 0 Å². The predicted octanol–water partition coefficient (Wildman–Crippen LogP) is 0.347. The topological polar surface area (TPSA) is 34.1 Å². The van der Waals surface area contributed by atoms with Crippen LogP contribution in [0.1, 0.15) is 6.92 Å². The zero-order chi connectivity index (χ0) is 6.36. The Kier molecular flexibility index (Phi) is 1.08. The van der Waals surface area contributed by atoms with Crippen LogP contribution in [0, 0.1) is 5.92 Å². The first-order valence-electron chi connectivity index (χ1n) is 2.39. The summed E-state index contributed by atoms with van der Waals surface area (Å²) >= 11 is 0. The first-order chi connectivity index (χ1) is 3.54. The van der Waals surface area contributed by atoms with Gasteiger partial charge in [0.1, 0.15) is 0 Å². The van der Waals surface area contributed by atoms with Crippen molar-refractivity contribution in [3.63, 3.8) is 0 Å². The SMILES string of the molecule is CC1CS(=O)(=O)C1F. The van der Waals surface area contributed by atoms with E-state index < -0.39 is 15.3 Å². The van der Waals surface area contributed by atoms with E-state index in [4.69, 9.17) is 0 Å². The Balaban J connectivity index is 2.75. The van der Waals surface area contributed by atoms with Crippen molar-refractivity contribution in [1.82, 2.24) is 0 Å². The van der Waals surface area contributed by atoms with Gasteiger partial charge in [0.05, 0.1) is 5.75 Å². The lowest BCUT2D eigenvalue weighted by atomic mass is 10.2. The fourth-order valence-electron chi connectivity index (χ4n) is 0.766. The predicted molar refractivity (Wildman–Crippen MR) is 27.8 cm³/mol. The highest BCUT2D eigenvalue weighted by molar-refractivity contribution is 7.93. The molecule has 0 aromatic carbocycles. The second-order valence-corrected chi connectivity index (χ2v) is 4.27. The maximum Gasteiger partial charge on any atom is 0.204 e. The molecule has 0 N–H and O–H groups in total. The van der Waals surface area contributed by atoms with Crippen LogP contribution in [0.4, 0.5) is 4.39 Å². The average Bonchev–Trinajstić information content (AvgIpc) is 1.65. The van der Waals surface area contributed by atoms with Gasteiger partial charge in [-0.2, -0.15) is 0 Å². The van der Waals surface area contributed by atoms with Crippen LogP contribution < -0.4 is 0 Å². The van der Waals surface area contributed by atoms with Crippen molar-refractivity contribution in [2.24, 2.45) is 5.92 Å². The van der Waals surface area contributed by atoms with Gasteiger partial charge in [0.25, 0.3) is 0 Å². The zero-order valence-corrected chi connectivity index (χ0v) is 5.28. The van der Waals surface area contributed by atoms with Crippen molar-refractivity contribution in [2.45, 2.75) is 12.4 Å². The Labute approximate surface area is 47.6 Å². The number of rotatable bonds is 0. The molecular weight excluding hydrogens is 131 g/mol. The van der Waals surface area contributed by atoms with Crippen molar-refractivity contribution in [3.8, 4) is 0 Å². The molecule has 1 heterocycles. The lowest BCUT2D eigenvalue weighted by Crippen LogP contribution is -2.42. The summed E-state index contributed by atoms with van der Waals surface area (Å²) in [7, 11) is -3.28. The average molecular weight is 138 g/mol. The summed E-state index contributed by atoms with van der Waals surface area (Å²) in [5.74, 6) is -0.256. The van der Waals surface area contributed by atoms with Gasteiger partial charge >= 0.3 is 0 Å². The van der Waals surface area contributed by atoms with Crippen LogP contribution in [0.15, 0.2) is 0 Å². The van der Waals surface area contributed by atoms with Crippen LogP contribution in [0.3, 0.4) is 0 Å². The molecule has 0 spiro atoms. The van der Waals surface area contributed by atoms with Crippen molar-refractivity contribution >= 4 is 9.84 Å². The minimum atomic E-state index is -3.28. The summed E-state index contributed by atoms with van der Waals surface area (Å²) in [5.41, 5.74) is -1.58. The Morgan fingerprint density at radius 2 is 2.12 bits per heavy atom. The smallest absolute Gasteiger partial charge is 0.204 e. The van der Waals surface area contributed by atoms with E-state index in [1.807, 2.05) is 0 Å². The second-order valence-electron chi connectivity index (χ2n) is 2.16. The fraction of sp³-hybridized carbons (Fsp3) is 1.00. The summed E-state index contributed by atoms with van der Waals surface area (Å²) in [6.07, 6.45) is 0. The Hall–Kier alpha value is -0.120. The van der Waals surface area contributed by atoms with Crippen molar-refractivity contribution < 1.29 is 12.8 Å². The Morgan fingerprint density at radius 3 is 2.12 bits per heavy atom. The number of hydrogen-bond acceptors (Lipinski definition) is 2. The Bertz CT molecular complexity index is 184. The Morgan fingerprint density at radius 1 is 1.62 bits per heavy atom. The zero-order valence-electron chi connectivity index (χ0n) is 4.46. The van der Waals surface area contributed by atoms with Crippen LogP contribution in [-0.2, 0) is 9.84 Å². The number of sulfone groups is 1. The van der Waals surface area contributed by atoms with Crippen molar-refractivity contribution in [2.75, 3.05) is 5.75 Å². The quantitative estimate of drug-likeness (QED) is 0.484. The van der Waals surface area contributed by atoms with Crippen molar-refractivity contribution in [1.29, 1.82) is 0 Å². The molecule has 0 bridgehead atoms. The number of hydrogen-bond donors (Lipinski definition) is 0. The first kappa shape index (κ1) is 6.01. The summed E-state index contributed by atoms with van der Waals surface area (Å²) in [6, 6.07) is 0. The standard InChI is InChI=1S/C4H7FO2S/c1-3-2-8(6,7)4(3)5/h3-4H,2H2,1H3. The first-order valence-corrected chi connectivity index (χ1v) is 4.11. The van der Waals surface area contributed by atoms with Gasteiger partial charge in [-0.25, -0.2) is 12.8 Å². The third kappa shape index (κ3) is 0.632. The van der Waals surface area contributed by atoms with E-state index in [1.54, 1.807) is 6.92 Å². The van der Waals surface area contributed by atoms with Gasteiger partial charge in [0, 0.05) is 5.92 Å². The van der Waals surface area contributed by atoms with Crippen LogP contribution in [0.25, 0.3) is 0 Å². The van der Waals surface area contributed by atoms with Gasteiger partial charge in [-0.05, 0) is 0 Å². The molecule has 0 aliphatic carbocycles. The molecule has 48 valence electrons. The van der Waals surface area contributed by atoms with E-state index >= 15 is 0 Å². The molecular formula is C4H7FO2S.